The highest BCUT2D eigenvalue weighted by Gasteiger charge is 2.34. The van der Waals surface area contributed by atoms with Gasteiger partial charge in [-0.2, -0.15) is 0 Å². The Morgan fingerprint density at radius 2 is 2.17 bits per heavy atom. The van der Waals surface area contributed by atoms with Crippen LogP contribution in [0.25, 0.3) is 0 Å². The van der Waals surface area contributed by atoms with Crippen LogP contribution in [0.1, 0.15) is 25.7 Å². The molecule has 0 radical (unpaired) electrons. The molecule has 1 saturated carbocycles. The first-order valence-corrected chi connectivity index (χ1v) is 6.75. The fourth-order valence-electron chi connectivity index (χ4n) is 3.13. The second kappa shape index (κ2) is 7.31. The lowest BCUT2D eigenvalue weighted by Gasteiger charge is -2.26. The maximum absolute atomic E-state index is 12.3. The number of hydrogen-bond donors (Lipinski definition) is 1. The average molecular weight is 277 g/mol. The second-order valence-corrected chi connectivity index (χ2v) is 5.48. The first-order valence-electron chi connectivity index (χ1n) is 6.75. The fraction of sp³-hybridized carbons (Fsp3) is 0.923. The Labute approximate surface area is 116 Å². The molecule has 2 N–H and O–H groups in total. The van der Waals surface area contributed by atoms with Crippen molar-refractivity contribution < 1.29 is 9.53 Å². The Morgan fingerprint density at radius 1 is 1.39 bits per heavy atom. The van der Waals surface area contributed by atoms with Crippen molar-refractivity contribution in [1.82, 2.24) is 4.90 Å². The highest BCUT2D eigenvalue weighted by Crippen LogP contribution is 2.32. The molecule has 0 bridgehead atoms. The minimum absolute atomic E-state index is 0. The van der Waals surface area contributed by atoms with Crippen LogP contribution in [-0.4, -0.2) is 44.2 Å². The van der Waals surface area contributed by atoms with E-state index in [0.29, 0.717) is 24.3 Å². The van der Waals surface area contributed by atoms with Crippen LogP contribution >= 0.6 is 12.4 Å². The number of ether oxygens (including phenoxy) is 1. The lowest BCUT2D eigenvalue weighted by atomic mass is 9.94. The quantitative estimate of drug-likeness (QED) is 0.842. The van der Waals surface area contributed by atoms with Crippen molar-refractivity contribution in [1.29, 1.82) is 0 Å². The van der Waals surface area contributed by atoms with Gasteiger partial charge in [0.15, 0.2) is 0 Å². The summed E-state index contributed by atoms with van der Waals surface area (Å²) in [6.07, 6.45) is 4.38. The zero-order valence-electron chi connectivity index (χ0n) is 11.1. The third-order valence-electron chi connectivity index (χ3n) is 4.21. The summed E-state index contributed by atoms with van der Waals surface area (Å²) in [6, 6.07) is 0. The van der Waals surface area contributed by atoms with Gasteiger partial charge in [-0.3, -0.25) is 4.79 Å². The smallest absolute Gasteiger partial charge is 0.225 e. The van der Waals surface area contributed by atoms with E-state index in [-0.39, 0.29) is 18.3 Å². The molecule has 1 aliphatic carbocycles. The average Bonchev–Trinajstić information content (AvgIpc) is 2.97. The zero-order chi connectivity index (χ0) is 12.3. The molecular formula is C13H25ClN2O2. The van der Waals surface area contributed by atoms with Gasteiger partial charge in [-0.25, -0.2) is 0 Å². The van der Waals surface area contributed by atoms with Crippen LogP contribution in [0.2, 0.25) is 0 Å². The van der Waals surface area contributed by atoms with E-state index in [4.69, 9.17) is 10.5 Å². The van der Waals surface area contributed by atoms with Crippen molar-refractivity contribution in [2.75, 3.05) is 33.4 Å². The molecule has 106 valence electrons. The number of carbonyl (C=O) groups is 1. The third kappa shape index (κ3) is 3.59. The summed E-state index contributed by atoms with van der Waals surface area (Å²) in [6.45, 7) is 3.15. The molecule has 3 atom stereocenters. The van der Waals surface area contributed by atoms with Crippen LogP contribution < -0.4 is 5.73 Å². The van der Waals surface area contributed by atoms with Gasteiger partial charge in [0.25, 0.3) is 0 Å². The van der Waals surface area contributed by atoms with Crippen molar-refractivity contribution in [2.45, 2.75) is 25.7 Å². The minimum atomic E-state index is 0. The molecule has 2 aliphatic rings. The fourth-order valence-corrected chi connectivity index (χ4v) is 3.13. The van der Waals surface area contributed by atoms with Crippen molar-refractivity contribution in [2.24, 2.45) is 23.5 Å². The highest BCUT2D eigenvalue weighted by atomic mass is 35.5. The molecule has 0 aromatic rings. The summed E-state index contributed by atoms with van der Waals surface area (Å²) >= 11 is 0. The van der Waals surface area contributed by atoms with Gasteiger partial charge in [0.05, 0.1) is 6.61 Å². The Hall–Kier alpha value is -0.320. The standard InChI is InChI=1S/C13H24N2O2.ClH/c1-15(8-10-5-6-17-9-10)13(16)12-4-2-3-11(12)7-14;/h10-12H,2-9,14H2,1H3;1H/t10?,11-,12-;/m1./s1. The van der Waals surface area contributed by atoms with Crippen LogP contribution in [0.3, 0.4) is 0 Å². The summed E-state index contributed by atoms with van der Waals surface area (Å²) in [5.74, 6) is 1.41. The highest BCUT2D eigenvalue weighted by molar-refractivity contribution is 5.85. The lowest BCUT2D eigenvalue weighted by Crippen LogP contribution is -2.39. The predicted molar refractivity (Wildman–Crippen MR) is 73.7 cm³/mol. The number of hydrogen-bond acceptors (Lipinski definition) is 3. The van der Waals surface area contributed by atoms with Gasteiger partial charge in [-0.05, 0) is 31.7 Å². The van der Waals surface area contributed by atoms with E-state index >= 15 is 0 Å². The Bertz CT molecular complexity index is 270. The van der Waals surface area contributed by atoms with Crippen LogP contribution in [0, 0.1) is 17.8 Å². The number of nitrogens with two attached hydrogens (primary N) is 1. The van der Waals surface area contributed by atoms with E-state index in [2.05, 4.69) is 0 Å². The van der Waals surface area contributed by atoms with Crippen molar-refractivity contribution in [3.05, 3.63) is 0 Å². The van der Waals surface area contributed by atoms with E-state index in [1.165, 1.54) is 0 Å². The zero-order valence-corrected chi connectivity index (χ0v) is 12.0. The molecule has 1 aliphatic heterocycles. The first-order chi connectivity index (χ1) is 8.22. The summed E-state index contributed by atoms with van der Waals surface area (Å²) in [4.78, 5) is 14.2. The minimum Gasteiger partial charge on any atom is -0.381 e. The van der Waals surface area contributed by atoms with Crippen molar-refractivity contribution in [3.8, 4) is 0 Å². The molecule has 0 spiro atoms. The van der Waals surface area contributed by atoms with Gasteiger partial charge in [-0.15, -0.1) is 12.4 Å². The Kier molecular flexibility index (Phi) is 6.39. The van der Waals surface area contributed by atoms with E-state index in [0.717, 1.165) is 45.4 Å². The van der Waals surface area contributed by atoms with Gasteiger partial charge in [0, 0.05) is 32.0 Å². The third-order valence-corrected chi connectivity index (χ3v) is 4.21. The van der Waals surface area contributed by atoms with Gasteiger partial charge < -0.3 is 15.4 Å². The van der Waals surface area contributed by atoms with Crippen LogP contribution in [0.4, 0.5) is 0 Å². The molecule has 18 heavy (non-hydrogen) atoms. The largest absolute Gasteiger partial charge is 0.381 e. The molecule has 0 aromatic carbocycles. The number of carbonyl (C=O) groups excluding carboxylic acids is 1. The second-order valence-electron chi connectivity index (χ2n) is 5.48. The predicted octanol–water partition coefficient (Wildman–Crippen LogP) is 1.28. The first kappa shape index (κ1) is 15.7. The molecule has 1 heterocycles. The summed E-state index contributed by atoms with van der Waals surface area (Å²) < 4.78 is 5.35. The van der Waals surface area contributed by atoms with Gasteiger partial charge in [0.2, 0.25) is 5.91 Å². The molecule has 1 amide bonds. The van der Waals surface area contributed by atoms with Crippen LogP contribution in [0.5, 0.6) is 0 Å². The number of halogens is 1. The summed E-state index contributed by atoms with van der Waals surface area (Å²) in [5, 5.41) is 0. The SMILES string of the molecule is CN(CC1CCOC1)C(=O)[C@@H]1CCC[C@@H]1CN.Cl. The van der Waals surface area contributed by atoms with Crippen molar-refractivity contribution >= 4 is 18.3 Å². The van der Waals surface area contributed by atoms with Gasteiger partial charge in [0.1, 0.15) is 0 Å². The number of amides is 1. The topological polar surface area (TPSA) is 55.6 Å². The van der Waals surface area contributed by atoms with E-state index in [9.17, 15) is 4.79 Å². The number of nitrogens with zero attached hydrogens (tertiary/aromatic N) is 1. The van der Waals surface area contributed by atoms with Crippen LogP contribution in [0.15, 0.2) is 0 Å². The Morgan fingerprint density at radius 3 is 2.78 bits per heavy atom. The molecular weight excluding hydrogens is 252 g/mol. The summed E-state index contributed by atoms with van der Waals surface area (Å²) in [5.41, 5.74) is 5.74. The van der Waals surface area contributed by atoms with Crippen molar-refractivity contribution in [3.63, 3.8) is 0 Å². The molecule has 5 heteroatoms. The maximum atomic E-state index is 12.3. The normalized spacial score (nSPS) is 31.1. The molecule has 2 rings (SSSR count). The van der Waals surface area contributed by atoms with E-state index in [1.807, 2.05) is 11.9 Å². The molecule has 0 aromatic heterocycles. The monoisotopic (exact) mass is 276 g/mol. The van der Waals surface area contributed by atoms with Crippen LogP contribution in [-0.2, 0) is 9.53 Å². The Balaban J connectivity index is 0.00000162. The van der Waals surface area contributed by atoms with E-state index in [1.54, 1.807) is 0 Å². The van der Waals surface area contributed by atoms with E-state index < -0.39 is 0 Å². The van der Waals surface area contributed by atoms with Gasteiger partial charge >= 0.3 is 0 Å². The molecule has 1 saturated heterocycles. The molecule has 1 unspecified atom stereocenters. The molecule has 4 nitrogen and oxygen atoms in total. The lowest BCUT2D eigenvalue weighted by molar-refractivity contribution is -0.135. The number of rotatable bonds is 4. The maximum Gasteiger partial charge on any atom is 0.225 e. The van der Waals surface area contributed by atoms with Gasteiger partial charge in [-0.1, -0.05) is 6.42 Å². The molecule has 2 fully saturated rings. The summed E-state index contributed by atoms with van der Waals surface area (Å²) in [7, 11) is 1.92.